The Kier molecular flexibility index (Phi) is 4.29. The summed E-state index contributed by atoms with van der Waals surface area (Å²) in [7, 11) is 0. The highest BCUT2D eigenvalue weighted by molar-refractivity contribution is 14.1. The maximum atomic E-state index is 2.43. The number of hydrogen-bond acceptors (Lipinski definition) is 0. The topological polar surface area (TPSA) is 0 Å². The van der Waals surface area contributed by atoms with Crippen LogP contribution in [0.25, 0.3) is 0 Å². The minimum atomic E-state index is 1.12. The van der Waals surface area contributed by atoms with Crippen LogP contribution in [0.4, 0.5) is 0 Å². The zero-order valence-electron chi connectivity index (χ0n) is 7.32. The van der Waals surface area contributed by atoms with Crippen molar-refractivity contribution >= 4 is 45.2 Å². The molecule has 0 aromatic heterocycles. The Bertz CT molecular complexity index is 254. The van der Waals surface area contributed by atoms with Gasteiger partial charge in [-0.15, -0.1) is 0 Å². The molecule has 0 spiro atoms. The molecule has 0 nitrogen and oxygen atoms in total. The van der Waals surface area contributed by atoms with Crippen molar-refractivity contribution in [1.82, 2.24) is 0 Å². The zero-order chi connectivity index (χ0) is 9.14. The summed E-state index contributed by atoms with van der Waals surface area (Å²) in [5.41, 5.74) is 5.84. The van der Waals surface area contributed by atoms with E-state index in [4.69, 9.17) is 0 Å². The number of rotatable bonds is 2. The van der Waals surface area contributed by atoms with Crippen LogP contribution in [0, 0.1) is 13.8 Å². The van der Waals surface area contributed by atoms with E-state index in [0.29, 0.717) is 0 Å². The van der Waals surface area contributed by atoms with Crippen LogP contribution >= 0.6 is 45.2 Å². The van der Waals surface area contributed by atoms with Gasteiger partial charge in [-0.2, -0.15) is 0 Å². The SMILES string of the molecule is Cc1cc(CI)c(C)c(CI)c1. The average molecular weight is 386 g/mol. The second kappa shape index (κ2) is 4.79. The molecule has 1 aromatic carbocycles. The molecule has 0 saturated heterocycles. The van der Waals surface area contributed by atoms with Crippen LogP contribution in [-0.2, 0) is 8.86 Å². The fourth-order valence-electron chi connectivity index (χ4n) is 1.29. The van der Waals surface area contributed by atoms with Crippen molar-refractivity contribution in [2.24, 2.45) is 0 Å². The largest absolute Gasteiger partial charge is 0.0812 e. The Labute approximate surface area is 101 Å². The molecule has 2 heteroatoms. The first-order chi connectivity index (χ1) is 5.69. The van der Waals surface area contributed by atoms with Crippen LogP contribution in [0.3, 0.4) is 0 Å². The third kappa shape index (κ3) is 2.34. The van der Waals surface area contributed by atoms with Crippen molar-refractivity contribution in [3.05, 3.63) is 34.4 Å². The Balaban J connectivity index is 3.22. The monoisotopic (exact) mass is 386 g/mol. The molecule has 1 rings (SSSR count). The van der Waals surface area contributed by atoms with Gasteiger partial charge in [0, 0.05) is 8.86 Å². The molecule has 66 valence electrons. The van der Waals surface area contributed by atoms with Crippen LogP contribution in [0.2, 0.25) is 0 Å². The molecular formula is C10H12I2. The molecule has 0 N–H and O–H groups in total. The molecule has 0 bridgehead atoms. The van der Waals surface area contributed by atoms with Crippen molar-refractivity contribution in [2.45, 2.75) is 22.7 Å². The van der Waals surface area contributed by atoms with E-state index in [2.05, 4.69) is 71.2 Å². The van der Waals surface area contributed by atoms with Crippen LogP contribution in [-0.4, -0.2) is 0 Å². The second-order valence-electron chi connectivity index (χ2n) is 2.98. The van der Waals surface area contributed by atoms with Crippen LogP contribution in [0.1, 0.15) is 22.3 Å². The Hall–Kier alpha value is 0.680. The summed E-state index contributed by atoms with van der Waals surface area (Å²) in [5.74, 6) is 0. The average Bonchev–Trinajstić information content (AvgIpc) is 2.08. The van der Waals surface area contributed by atoms with Crippen molar-refractivity contribution < 1.29 is 0 Å². The quantitative estimate of drug-likeness (QED) is 0.529. The lowest BCUT2D eigenvalue weighted by atomic mass is 10.0. The summed E-state index contributed by atoms with van der Waals surface area (Å²) in [6, 6.07) is 4.58. The van der Waals surface area contributed by atoms with Crippen molar-refractivity contribution in [2.75, 3.05) is 0 Å². The molecule has 0 fully saturated rings. The number of hydrogen-bond donors (Lipinski definition) is 0. The predicted octanol–water partition coefficient (Wildman–Crippen LogP) is 4.17. The zero-order valence-corrected chi connectivity index (χ0v) is 11.6. The van der Waals surface area contributed by atoms with E-state index in [9.17, 15) is 0 Å². The first kappa shape index (κ1) is 10.8. The standard InChI is InChI=1S/C10H12I2/c1-7-3-9(5-11)8(2)10(4-7)6-12/h3-4H,5-6H2,1-2H3. The molecule has 0 aliphatic carbocycles. The smallest absolute Gasteiger partial charge is 0.0249 e. The summed E-state index contributed by atoms with van der Waals surface area (Å²) in [6.45, 7) is 4.40. The molecule has 12 heavy (non-hydrogen) atoms. The van der Waals surface area contributed by atoms with E-state index in [1.165, 1.54) is 22.3 Å². The Morgan fingerprint density at radius 1 is 1.00 bits per heavy atom. The second-order valence-corrected chi connectivity index (χ2v) is 4.50. The molecule has 0 saturated carbocycles. The van der Waals surface area contributed by atoms with Gasteiger partial charge in [0.15, 0.2) is 0 Å². The molecule has 0 aliphatic heterocycles. The van der Waals surface area contributed by atoms with Crippen molar-refractivity contribution in [3.63, 3.8) is 0 Å². The number of alkyl halides is 2. The van der Waals surface area contributed by atoms with Gasteiger partial charge in [0.1, 0.15) is 0 Å². The van der Waals surface area contributed by atoms with E-state index in [1.54, 1.807) is 0 Å². The highest BCUT2D eigenvalue weighted by Crippen LogP contribution is 2.21. The Morgan fingerprint density at radius 2 is 1.42 bits per heavy atom. The molecule has 0 heterocycles. The minimum absolute atomic E-state index is 1.12. The molecule has 0 radical (unpaired) electrons. The van der Waals surface area contributed by atoms with Gasteiger partial charge >= 0.3 is 0 Å². The maximum Gasteiger partial charge on any atom is 0.0249 e. The fraction of sp³-hybridized carbons (Fsp3) is 0.400. The molecule has 0 atom stereocenters. The van der Waals surface area contributed by atoms with E-state index in [0.717, 1.165) is 8.86 Å². The van der Waals surface area contributed by atoms with Gasteiger partial charge < -0.3 is 0 Å². The third-order valence-corrected chi connectivity index (χ3v) is 3.70. The van der Waals surface area contributed by atoms with Gasteiger partial charge in [0.2, 0.25) is 0 Å². The summed E-state index contributed by atoms with van der Waals surface area (Å²) in [6.07, 6.45) is 0. The van der Waals surface area contributed by atoms with Gasteiger partial charge in [-0.3, -0.25) is 0 Å². The third-order valence-electron chi connectivity index (χ3n) is 2.06. The highest BCUT2D eigenvalue weighted by atomic mass is 127. The lowest BCUT2D eigenvalue weighted by Gasteiger charge is -2.08. The van der Waals surface area contributed by atoms with Crippen molar-refractivity contribution in [3.8, 4) is 0 Å². The maximum absolute atomic E-state index is 2.43. The number of halogens is 2. The highest BCUT2D eigenvalue weighted by Gasteiger charge is 2.02. The molecule has 1 aromatic rings. The summed E-state index contributed by atoms with van der Waals surface area (Å²) in [5, 5.41) is 0. The number of benzene rings is 1. The number of aryl methyl sites for hydroxylation is 1. The van der Waals surface area contributed by atoms with E-state index in [1.807, 2.05) is 0 Å². The van der Waals surface area contributed by atoms with Crippen molar-refractivity contribution in [1.29, 1.82) is 0 Å². The minimum Gasteiger partial charge on any atom is -0.0812 e. The van der Waals surface area contributed by atoms with Crippen LogP contribution in [0.5, 0.6) is 0 Å². The van der Waals surface area contributed by atoms with Crippen LogP contribution < -0.4 is 0 Å². The first-order valence-corrected chi connectivity index (χ1v) is 6.95. The van der Waals surface area contributed by atoms with Gasteiger partial charge in [0.25, 0.3) is 0 Å². The molecule has 0 aliphatic rings. The van der Waals surface area contributed by atoms with Gasteiger partial charge in [-0.05, 0) is 30.5 Å². The van der Waals surface area contributed by atoms with Gasteiger partial charge in [-0.1, -0.05) is 62.9 Å². The van der Waals surface area contributed by atoms with E-state index >= 15 is 0 Å². The summed E-state index contributed by atoms with van der Waals surface area (Å²) < 4.78 is 2.24. The normalized spacial score (nSPS) is 10.3. The molecular weight excluding hydrogens is 374 g/mol. The lowest BCUT2D eigenvalue weighted by molar-refractivity contribution is 1.22. The van der Waals surface area contributed by atoms with Gasteiger partial charge in [0.05, 0.1) is 0 Å². The van der Waals surface area contributed by atoms with Gasteiger partial charge in [-0.25, -0.2) is 0 Å². The van der Waals surface area contributed by atoms with E-state index in [-0.39, 0.29) is 0 Å². The molecule has 0 amide bonds. The fourth-order valence-corrected chi connectivity index (χ4v) is 2.88. The first-order valence-electron chi connectivity index (χ1n) is 3.90. The summed E-state index contributed by atoms with van der Waals surface area (Å²) in [4.78, 5) is 0. The summed E-state index contributed by atoms with van der Waals surface area (Å²) >= 11 is 4.85. The van der Waals surface area contributed by atoms with E-state index < -0.39 is 0 Å². The lowest BCUT2D eigenvalue weighted by Crippen LogP contribution is -1.92. The molecule has 0 unspecified atom stereocenters. The predicted molar refractivity (Wildman–Crippen MR) is 71.4 cm³/mol. The van der Waals surface area contributed by atoms with Crippen LogP contribution in [0.15, 0.2) is 12.1 Å². The Morgan fingerprint density at radius 3 is 1.75 bits per heavy atom.